The predicted molar refractivity (Wildman–Crippen MR) is 57.3 cm³/mol. The molecule has 1 aliphatic rings. The van der Waals surface area contributed by atoms with E-state index in [1.165, 1.54) is 24.1 Å². The molecule has 84 valence electrons. The van der Waals surface area contributed by atoms with Crippen molar-refractivity contribution in [3.05, 3.63) is 5.82 Å². The van der Waals surface area contributed by atoms with Crippen molar-refractivity contribution in [2.75, 3.05) is 6.54 Å². The van der Waals surface area contributed by atoms with Gasteiger partial charge in [-0.1, -0.05) is 6.92 Å². The van der Waals surface area contributed by atoms with E-state index in [2.05, 4.69) is 27.7 Å². The van der Waals surface area contributed by atoms with Gasteiger partial charge < -0.3 is 5.32 Å². The molecule has 0 amide bonds. The third kappa shape index (κ3) is 2.75. The van der Waals surface area contributed by atoms with Gasteiger partial charge in [-0.3, -0.25) is 0 Å². The Bertz CT molecular complexity index is 309. The Balaban J connectivity index is 1.82. The van der Waals surface area contributed by atoms with E-state index in [1.807, 2.05) is 7.05 Å². The fourth-order valence-corrected chi connectivity index (χ4v) is 2.40. The summed E-state index contributed by atoms with van der Waals surface area (Å²) < 4.78 is 0. The maximum absolute atomic E-state index is 4.22. The molecule has 0 radical (unpaired) electrons. The zero-order chi connectivity index (χ0) is 10.7. The summed E-state index contributed by atoms with van der Waals surface area (Å²) in [6.45, 7) is 3.23. The van der Waals surface area contributed by atoms with Crippen molar-refractivity contribution < 1.29 is 0 Å². The van der Waals surface area contributed by atoms with Crippen LogP contribution in [0.15, 0.2) is 0 Å². The van der Waals surface area contributed by atoms with Crippen LogP contribution in [0.5, 0.6) is 0 Å². The van der Waals surface area contributed by atoms with Crippen molar-refractivity contribution in [2.24, 2.45) is 13.0 Å². The molecule has 1 fully saturated rings. The summed E-state index contributed by atoms with van der Waals surface area (Å²) in [5.41, 5.74) is 0. The third-order valence-electron chi connectivity index (χ3n) is 3.06. The Labute approximate surface area is 90.2 Å². The van der Waals surface area contributed by atoms with E-state index in [0.29, 0.717) is 6.04 Å². The Morgan fingerprint density at radius 1 is 1.47 bits per heavy atom. The van der Waals surface area contributed by atoms with E-state index < -0.39 is 0 Å². The zero-order valence-corrected chi connectivity index (χ0v) is 9.48. The Hall–Kier alpha value is -0.970. The molecule has 5 heteroatoms. The Kier molecular flexibility index (Phi) is 3.30. The molecule has 1 aromatic rings. The van der Waals surface area contributed by atoms with Gasteiger partial charge in [0, 0.05) is 12.5 Å². The number of nitrogens with zero attached hydrogens (tertiary/aromatic N) is 4. The summed E-state index contributed by atoms with van der Waals surface area (Å²) in [7, 11) is 1.81. The SMILES string of the molecule is CCNC1CCC(Cc2nnn(C)n2)C1. The monoisotopic (exact) mass is 209 g/mol. The first-order valence-electron chi connectivity index (χ1n) is 5.74. The quantitative estimate of drug-likeness (QED) is 0.786. The molecule has 0 bridgehead atoms. The van der Waals surface area contributed by atoms with Gasteiger partial charge in [0.1, 0.15) is 0 Å². The molecule has 0 aromatic carbocycles. The smallest absolute Gasteiger partial charge is 0.175 e. The maximum atomic E-state index is 4.22. The molecule has 1 aromatic heterocycles. The average molecular weight is 209 g/mol. The first kappa shape index (κ1) is 10.5. The predicted octanol–water partition coefficient (Wildman–Crippen LogP) is 0.531. The van der Waals surface area contributed by atoms with Crippen LogP contribution in [0.4, 0.5) is 0 Å². The van der Waals surface area contributed by atoms with E-state index >= 15 is 0 Å². The summed E-state index contributed by atoms with van der Waals surface area (Å²) in [5.74, 6) is 1.62. The van der Waals surface area contributed by atoms with E-state index in [0.717, 1.165) is 24.7 Å². The van der Waals surface area contributed by atoms with Crippen LogP contribution in [0, 0.1) is 5.92 Å². The Morgan fingerprint density at radius 3 is 3.00 bits per heavy atom. The van der Waals surface area contributed by atoms with Crippen LogP contribution in [-0.4, -0.2) is 32.8 Å². The minimum atomic E-state index is 0.705. The largest absolute Gasteiger partial charge is 0.314 e. The third-order valence-corrected chi connectivity index (χ3v) is 3.06. The lowest BCUT2D eigenvalue weighted by molar-refractivity contribution is 0.485. The fraction of sp³-hybridized carbons (Fsp3) is 0.900. The molecule has 2 unspecified atom stereocenters. The highest BCUT2D eigenvalue weighted by Gasteiger charge is 2.25. The molecule has 1 aliphatic carbocycles. The molecular formula is C10H19N5. The molecule has 5 nitrogen and oxygen atoms in total. The van der Waals surface area contributed by atoms with Crippen LogP contribution in [0.2, 0.25) is 0 Å². The number of hydrogen-bond acceptors (Lipinski definition) is 4. The number of tetrazole rings is 1. The maximum Gasteiger partial charge on any atom is 0.175 e. The summed E-state index contributed by atoms with van der Waals surface area (Å²) >= 11 is 0. The van der Waals surface area contributed by atoms with Gasteiger partial charge in [-0.25, -0.2) is 0 Å². The van der Waals surface area contributed by atoms with Crippen LogP contribution < -0.4 is 5.32 Å². The van der Waals surface area contributed by atoms with Gasteiger partial charge >= 0.3 is 0 Å². The van der Waals surface area contributed by atoms with Gasteiger partial charge in [-0.05, 0) is 36.9 Å². The lowest BCUT2D eigenvalue weighted by atomic mass is 10.0. The molecule has 0 aliphatic heterocycles. The van der Waals surface area contributed by atoms with Crippen LogP contribution in [-0.2, 0) is 13.5 Å². The van der Waals surface area contributed by atoms with Gasteiger partial charge in [0.15, 0.2) is 5.82 Å². The lowest BCUT2D eigenvalue weighted by Crippen LogP contribution is -2.26. The summed E-state index contributed by atoms with van der Waals surface area (Å²) in [4.78, 5) is 1.53. The minimum absolute atomic E-state index is 0.705. The van der Waals surface area contributed by atoms with E-state index in [9.17, 15) is 0 Å². The lowest BCUT2D eigenvalue weighted by Gasteiger charge is -2.10. The van der Waals surface area contributed by atoms with Crippen molar-refractivity contribution in [1.29, 1.82) is 0 Å². The van der Waals surface area contributed by atoms with Crippen molar-refractivity contribution in [3.63, 3.8) is 0 Å². The minimum Gasteiger partial charge on any atom is -0.314 e. The first-order chi connectivity index (χ1) is 7.28. The van der Waals surface area contributed by atoms with Crippen molar-refractivity contribution in [1.82, 2.24) is 25.5 Å². The number of nitrogens with one attached hydrogen (secondary N) is 1. The number of rotatable bonds is 4. The fourth-order valence-electron chi connectivity index (χ4n) is 2.40. The first-order valence-corrected chi connectivity index (χ1v) is 5.74. The number of aryl methyl sites for hydroxylation is 1. The topological polar surface area (TPSA) is 55.6 Å². The highest BCUT2D eigenvalue weighted by Crippen LogP contribution is 2.27. The van der Waals surface area contributed by atoms with Gasteiger partial charge in [-0.2, -0.15) is 4.80 Å². The summed E-state index contributed by atoms with van der Waals surface area (Å²) in [6, 6.07) is 0.705. The molecule has 1 N–H and O–H groups in total. The van der Waals surface area contributed by atoms with Crippen LogP contribution in [0.25, 0.3) is 0 Å². The van der Waals surface area contributed by atoms with E-state index in [4.69, 9.17) is 0 Å². The van der Waals surface area contributed by atoms with Crippen molar-refractivity contribution in [3.8, 4) is 0 Å². The standard InChI is InChI=1S/C10H19N5/c1-3-11-9-5-4-8(6-9)7-10-12-14-15(2)13-10/h8-9,11H,3-7H2,1-2H3. The van der Waals surface area contributed by atoms with Crippen molar-refractivity contribution in [2.45, 2.75) is 38.6 Å². The molecule has 1 heterocycles. The number of hydrogen-bond donors (Lipinski definition) is 1. The normalized spacial score (nSPS) is 26.0. The molecule has 2 atom stereocenters. The van der Waals surface area contributed by atoms with Crippen LogP contribution >= 0.6 is 0 Å². The molecule has 0 spiro atoms. The highest BCUT2D eigenvalue weighted by molar-refractivity contribution is 4.88. The molecular weight excluding hydrogens is 190 g/mol. The van der Waals surface area contributed by atoms with Crippen LogP contribution in [0.1, 0.15) is 32.0 Å². The second-order valence-electron chi connectivity index (χ2n) is 4.33. The van der Waals surface area contributed by atoms with Gasteiger partial charge in [0.25, 0.3) is 0 Å². The Morgan fingerprint density at radius 2 is 2.33 bits per heavy atom. The van der Waals surface area contributed by atoms with Gasteiger partial charge in [0.2, 0.25) is 0 Å². The van der Waals surface area contributed by atoms with Crippen molar-refractivity contribution >= 4 is 0 Å². The highest BCUT2D eigenvalue weighted by atomic mass is 15.6. The van der Waals surface area contributed by atoms with Gasteiger partial charge in [-0.15, -0.1) is 10.2 Å². The van der Waals surface area contributed by atoms with Crippen LogP contribution in [0.3, 0.4) is 0 Å². The molecule has 15 heavy (non-hydrogen) atoms. The van der Waals surface area contributed by atoms with Gasteiger partial charge in [0.05, 0.1) is 7.05 Å². The summed E-state index contributed by atoms with van der Waals surface area (Å²) in [5, 5.41) is 15.6. The zero-order valence-electron chi connectivity index (χ0n) is 9.48. The van der Waals surface area contributed by atoms with E-state index in [-0.39, 0.29) is 0 Å². The molecule has 1 saturated carbocycles. The summed E-state index contributed by atoms with van der Waals surface area (Å²) in [6.07, 6.45) is 4.82. The molecule has 0 saturated heterocycles. The second kappa shape index (κ2) is 4.70. The molecule has 2 rings (SSSR count). The second-order valence-corrected chi connectivity index (χ2v) is 4.33. The van der Waals surface area contributed by atoms with E-state index in [1.54, 1.807) is 0 Å². The average Bonchev–Trinajstić information content (AvgIpc) is 2.78. The number of aromatic nitrogens is 4.